The highest BCUT2D eigenvalue weighted by atomic mass is 19.1. The number of benzene rings is 3. The van der Waals surface area contributed by atoms with E-state index >= 15 is 0 Å². The third kappa shape index (κ3) is 3.14. The van der Waals surface area contributed by atoms with Crippen molar-refractivity contribution in [2.75, 3.05) is 5.73 Å². The van der Waals surface area contributed by atoms with Crippen LogP contribution in [0.4, 0.5) is 10.2 Å². The molecule has 9 heteroatoms. The second-order valence-corrected chi connectivity index (χ2v) is 7.82. The highest BCUT2D eigenvalue weighted by molar-refractivity contribution is 5.98. The quantitative estimate of drug-likeness (QED) is 0.414. The van der Waals surface area contributed by atoms with Crippen molar-refractivity contribution in [2.24, 2.45) is 0 Å². The molecule has 3 aromatic carbocycles. The van der Waals surface area contributed by atoms with Crippen LogP contribution < -0.4 is 5.73 Å². The van der Waals surface area contributed by atoms with Gasteiger partial charge in [-0.05, 0) is 42.5 Å². The van der Waals surface area contributed by atoms with Gasteiger partial charge in [0.2, 0.25) is 0 Å². The molecule has 34 heavy (non-hydrogen) atoms. The van der Waals surface area contributed by atoms with E-state index in [9.17, 15) is 9.50 Å². The van der Waals surface area contributed by atoms with Crippen LogP contribution in [-0.2, 0) is 6.54 Å². The van der Waals surface area contributed by atoms with Crippen LogP contribution in [0.25, 0.3) is 39.0 Å². The second kappa shape index (κ2) is 7.66. The summed E-state index contributed by atoms with van der Waals surface area (Å²) in [4.78, 5) is 13.4. The van der Waals surface area contributed by atoms with Crippen LogP contribution in [0, 0.1) is 5.82 Å². The first-order valence-electron chi connectivity index (χ1n) is 10.6. The van der Waals surface area contributed by atoms with Crippen LogP contribution in [0.5, 0.6) is 5.75 Å². The molecule has 6 aromatic rings. The minimum atomic E-state index is -0.749. The molecular weight excluding hydrogens is 433 g/mol. The summed E-state index contributed by atoms with van der Waals surface area (Å²) in [6, 6.07) is 21.9. The minimum Gasteiger partial charge on any atom is -0.505 e. The van der Waals surface area contributed by atoms with E-state index in [0.29, 0.717) is 22.3 Å². The first-order chi connectivity index (χ1) is 16.6. The average molecular weight is 451 g/mol. The van der Waals surface area contributed by atoms with Gasteiger partial charge in [0.15, 0.2) is 17.2 Å². The Balaban J connectivity index is 1.56. The molecule has 0 bridgehead atoms. The molecule has 166 valence electrons. The standard InChI is InChI=1S/C25H18FN7O/c26-17-12-15(10-11-20(17)34)23-22-24(27)28-14-29-25(22)32(31-23)13-21-30-18-8-4-5-9-19(18)33(21)16-6-2-1-3-7-16/h1-12,14,34H,13H2,(H2,27,28,29). The number of para-hydroxylation sites is 3. The van der Waals surface area contributed by atoms with Gasteiger partial charge in [0.25, 0.3) is 0 Å². The maximum absolute atomic E-state index is 14.1. The fourth-order valence-electron chi connectivity index (χ4n) is 4.18. The fraction of sp³-hybridized carbons (Fsp3) is 0.0400. The number of hydrogen-bond donors (Lipinski definition) is 2. The van der Waals surface area contributed by atoms with Crippen molar-refractivity contribution in [1.82, 2.24) is 29.3 Å². The minimum absolute atomic E-state index is 0.233. The highest BCUT2D eigenvalue weighted by Gasteiger charge is 2.20. The third-order valence-electron chi connectivity index (χ3n) is 5.72. The number of nitrogens with zero attached hydrogens (tertiary/aromatic N) is 6. The number of hydrogen-bond acceptors (Lipinski definition) is 6. The molecule has 0 radical (unpaired) electrons. The molecule has 0 aliphatic carbocycles. The lowest BCUT2D eigenvalue weighted by molar-refractivity contribution is 0.432. The number of halogens is 1. The van der Waals surface area contributed by atoms with Crippen LogP contribution in [0.2, 0.25) is 0 Å². The zero-order chi connectivity index (χ0) is 23.2. The van der Waals surface area contributed by atoms with Gasteiger partial charge in [-0.3, -0.25) is 4.57 Å². The number of phenols is 1. The van der Waals surface area contributed by atoms with Crippen molar-refractivity contribution in [1.29, 1.82) is 0 Å². The van der Waals surface area contributed by atoms with E-state index in [0.717, 1.165) is 22.5 Å². The molecule has 0 spiro atoms. The van der Waals surface area contributed by atoms with E-state index in [-0.39, 0.29) is 12.4 Å². The number of anilines is 1. The summed E-state index contributed by atoms with van der Waals surface area (Å²) in [6.07, 6.45) is 1.37. The summed E-state index contributed by atoms with van der Waals surface area (Å²) >= 11 is 0. The van der Waals surface area contributed by atoms with Gasteiger partial charge in [0, 0.05) is 11.3 Å². The van der Waals surface area contributed by atoms with Gasteiger partial charge >= 0.3 is 0 Å². The number of nitrogens with two attached hydrogens (primary N) is 1. The zero-order valence-corrected chi connectivity index (χ0v) is 17.8. The summed E-state index contributed by atoms with van der Waals surface area (Å²) in [5, 5.41) is 14.8. The van der Waals surface area contributed by atoms with E-state index in [2.05, 4.69) is 14.5 Å². The molecule has 6 rings (SSSR count). The first-order valence-corrected chi connectivity index (χ1v) is 10.6. The monoisotopic (exact) mass is 451 g/mol. The lowest BCUT2D eigenvalue weighted by Gasteiger charge is -2.10. The average Bonchev–Trinajstić information content (AvgIpc) is 3.41. The highest BCUT2D eigenvalue weighted by Crippen LogP contribution is 2.32. The van der Waals surface area contributed by atoms with Gasteiger partial charge in [-0.15, -0.1) is 0 Å². The predicted molar refractivity (Wildman–Crippen MR) is 127 cm³/mol. The Hall–Kier alpha value is -4.79. The molecule has 0 atom stereocenters. The lowest BCUT2D eigenvalue weighted by Crippen LogP contribution is -2.09. The number of phenolic OH excluding ortho intramolecular Hbond substituents is 1. The molecule has 0 saturated heterocycles. The number of nitrogen functional groups attached to an aromatic ring is 1. The van der Waals surface area contributed by atoms with Crippen molar-refractivity contribution < 1.29 is 9.50 Å². The van der Waals surface area contributed by atoms with Crippen molar-refractivity contribution in [2.45, 2.75) is 6.54 Å². The lowest BCUT2D eigenvalue weighted by atomic mass is 10.1. The summed E-state index contributed by atoms with van der Waals surface area (Å²) < 4.78 is 17.9. The van der Waals surface area contributed by atoms with E-state index in [4.69, 9.17) is 15.8 Å². The van der Waals surface area contributed by atoms with Gasteiger partial charge in [0.05, 0.1) is 16.4 Å². The van der Waals surface area contributed by atoms with Crippen molar-refractivity contribution >= 4 is 27.9 Å². The van der Waals surface area contributed by atoms with E-state index < -0.39 is 11.6 Å². The van der Waals surface area contributed by atoms with E-state index in [1.807, 2.05) is 54.6 Å². The first kappa shape index (κ1) is 19.9. The van der Waals surface area contributed by atoms with Crippen molar-refractivity contribution in [3.05, 3.63) is 90.8 Å². The summed E-state index contributed by atoms with van der Waals surface area (Å²) in [5.41, 5.74) is 10.4. The molecule has 3 N–H and O–H groups in total. The molecule has 0 aliphatic rings. The normalized spacial score (nSPS) is 11.4. The number of rotatable bonds is 4. The largest absolute Gasteiger partial charge is 0.505 e. The smallest absolute Gasteiger partial charge is 0.165 e. The molecule has 8 nitrogen and oxygen atoms in total. The Morgan fingerprint density at radius 3 is 2.56 bits per heavy atom. The molecule has 3 aromatic heterocycles. The number of imidazole rings is 1. The molecule has 0 aliphatic heterocycles. The van der Waals surface area contributed by atoms with Crippen LogP contribution in [0.3, 0.4) is 0 Å². The second-order valence-electron chi connectivity index (χ2n) is 7.82. The van der Waals surface area contributed by atoms with Gasteiger partial charge in [-0.25, -0.2) is 24.0 Å². The zero-order valence-electron chi connectivity index (χ0n) is 17.8. The molecule has 0 amide bonds. The van der Waals surface area contributed by atoms with E-state index in [1.54, 1.807) is 10.7 Å². The number of aromatic hydroxyl groups is 1. The van der Waals surface area contributed by atoms with Crippen LogP contribution in [-0.4, -0.2) is 34.4 Å². The topological polar surface area (TPSA) is 108 Å². The molecule has 0 saturated carbocycles. The molecular formula is C25H18FN7O. The Morgan fingerprint density at radius 1 is 0.941 bits per heavy atom. The molecule has 0 unspecified atom stereocenters. The van der Waals surface area contributed by atoms with Crippen LogP contribution in [0.1, 0.15) is 5.82 Å². The van der Waals surface area contributed by atoms with E-state index in [1.165, 1.54) is 18.5 Å². The van der Waals surface area contributed by atoms with Gasteiger partial charge in [-0.1, -0.05) is 30.3 Å². The summed E-state index contributed by atoms with van der Waals surface area (Å²) in [6.45, 7) is 0.289. The fourth-order valence-corrected chi connectivity index (χ4v) is 4.18. The van der Waals surface area contributed by atoms with Crippen molar-refractivity contribution in [3.63, 3.8) is 0 Å². The Labute approximate surface area is 192 Å². The van der Waals surface area contributed by atoms with Crippen LogP contribution in [0.15, 0.2) is 79.1 Å². The van der Waals surface area contributed by atoms with Gasteiger partial charge < -0.3 is 10.8 Å². The SMILES string of the molecule is Nc1ncnc2c1c(-c1ccc(O)c(F)c1)nn2Cc1nc2ccccc2n1-c1ccccc1. The third-order valence-corrected chi connectivity index (χ3v) is 5.72. The Kier molecular flexibility index (Phi) is 4.48. The Bertz CT molecular complexity index is 1670. The summed E-state index contributed by atoms with van der Waals surface area (Å²) in [5.74, 6) is -0.205. The molecule has 0 fully saturated rings. The Morgan fingerprint density at radius 2 is 1.74 bits per heavy atom. The van der Waals surface area contributed by atoms with Crippen LogP contribution >= 0.6 is 0 Å². The predicted octanol–water partition coefficient (Wildman–Crippen LogP) is 4.31. The maximum atomic E-state index is 14.1. The van der Waals surface area contributed by atoms with Crippen molar-refractivity contribution in [3.8, 4) is 22.7 Å². The van der Waals surface area contributed by atoms with Gasteiger partial charge in [0.1, 0.15) is 30.2 Å². The maximum Gasteiger partial charge on any atom is 0.165 e. The molecule has 3 heterocycles. The summed E-state index contributed by atoms with van der Waals surface area (Å²) in [7, 11) is 0. The number of fused-ring (bicyclic) bond motifs is 2. The number of aromatic nitrogens is 6. The van der Waals surface area contributed by atoms with Gasteiger partial charge in [-0.2, -0.15) is 5.10 Å².